The molecule has 0 aliphatic rings. The fraction of sp³-hybridized carbons (Fsp3) is 0.400. The number of rotatable bonds is 8. The molecule has 0 saturated carbocycles. The van der Waals surface area contributed by atoms with Crippen molar-refractivity contribution in [2.45, 2.75) is 40.2 Å². The fourth-order valence-electron chi connectivity index (χ4n) is 2.92. The number of aromatic nitrogens is 4. The van der Waals surface area contributed by atoms with Crippen LogP contribution >= 0.6 is 0 Å². The number of anilines is 1. The Balaban J connectivity index is 1.61. The molecule has 27 heavy (non-hydrogen) atoms. The van der Waals surface area contributed by atoms with Crippen molar-refractivity contribution >= 4 is 17.4 Å². The summed E-state index contributed by atoms with van der Waals surface area (Å²) in [5.41, 5.74) is 2.99. The topological polar surface area (TPSA) is 75.4 Å². The van der Waals surface area contributed by atoms with Crippen LogP contribution in [0.1, 0.15) is 37.2 Å². The van der Waals surface area contributed by atoms with Crippen molar-refractivity contribution in [3.63, 3.8) is 0 Å². The van der Waals surface area contributed by atoms with Crippen LogP contribution in [0, 0.1) is 6.92 Å². The fourth-order valence-corrected chi connectivity index (χ4v) is 2.92. The Kier molecular flexibility index (Phi) is 6.01. The molecular formula is C20H26N6O. The van der Waals surface area contributed by atoms with E-state index in [0.717, 1.165) is 24.5 Å². The van der Waals surface area contributed by atoms with E-state index in [1.165, 1.54) is 5.56 Å². The van der Waals surface area contributed by atoms with Gasteiger partial charge in [0.05, 0.1) is 0 Å². The van der Waals surface area contributed by atoms with Gasteiger partial charge < -0.3 is 10.2 Å². The first kappa shape index (κ1) is 18.8. The number of nitrogens with one attached hydrogen (secondary N) is 1. The second-order valence-electron chi connectivity index (χ2n) is 6.51. The van der Waals surface area contributed by atoms with Crippen LogP contribution in [0.3, 0.4) is 0 Å². The van der Waals surface area contributed by atoms with Crippen LogP contribution in [0.2, 0.25) is 0 Å². The number of hydrogen-bond donors (Lipinski definition) is 1. The number of nitrogens with zero attached hydrogens (tertiary/aromatic N) is 5. The number of fused-ring (bicyclic) bond motifs is 1. The summed E-state index contributed by atoms with van der Waals surface area (Å²) in [6.45, 7) is 8.54. The molecule has 0 fully saturated rings. The summed E-state index contributed by atoms with van der Waals surface area (Å²) < 4.78 is 1.74. The van der Waals surface area contributed by atoms with Gasteiger partial charge in [-0.25, -0.2) is 0 Å². The van der Waals surface area contributed by atoms with E-state index in [1.54, 1.807) is 4.52 Å². The van der Waals surface area contributed by atoms with E-state index < -0.39 is 0 Å². The molecule has 1 amide bonds. The lowest BCUT2D eigenvalue weighted by Crippen LogP contribution is -2.24. The number of benzene rings is 1. The van der Waals surface area contributed by atoms with Crippen LogP contribution in [0.5, 0.6) is 0 Å². The largest absolute Gasteiger partial charge is 0.356 e. The molecular weight excluding hydrogens is 340 g/mol. The van der Waals surface area contributed by atoms with Gasteiger partial charge in [-0.3, -0.25) is 4.79 Å². The summed E-state index contributed by atoms with van der Waals surface area (Å²) in [4.78, 5) is 14.3. The monoisotopic (exact) mass is 366 g/mol. The first-order valence-electron chi connectivity index (χ1n) is 9.39. The van der Waals surface area contributed by atoms with Crippen LogP contribution in [0.4, 0.5) is 5.82 Å². The van der Waals surface area contributed by atoms with Crippen molar-refractivity contribution < 1.29 is 4.79 Å². The van der Waals surface area contributed by atoms with Gasteiger partial charge in [0.2, 0.25) is 5.91 Å². The Morgan fingerprint density at radius 3 is 2.52 bits per heavy atom. The van der Waals surface area contributed by atoms with Gasteiger partial charge in [-0.05, 0) is 38.5 Å². The maximum atomic E-state index is 12.2. The minimum atomic E-state index is -0.00720. The van der Waals surface area contributed by atoms with Crippen LogP contribution in [-0.2, 0) is 17.8 Å². The van der Waals surface area contributed by atoms with Gasteiger partial charge in [0.25, 0.3) is 0 Å². The summed E-state index contributed by atoms with van der Waals surface area (Å²) in [6.07, 6.45) is 0.847. The molecule has 7 heteroatoms. The molecule has 3 rings (SSSR count). The molecule has 1 N–H and O–H groups in total. The molecule has 1 aromatic carbocycles. The molecule has 0 unspecified atom stereocenters. The van der Waals surface area contributed by atoms with Gasteiger partial charge in [0, 0.05) is 32.5 Å². The summed E-state index contributed by atoms with van der Waals surface area (Å²) in [5.74, 6) is 1.58. The smallest absolute Gasteiger partial charge is 0.220 e. The zero-order chi connectivity index (χ0) is 19.2. The predicted octanol–water partition coefficient (Wildman–Crippen LogP) is 2.53. The minimum Gasteiger partial charge on any atom is -0.356 e. The first-order chi connectivity index (χ1) is 13.1. The molecule has 0 radical (unpaired) electrons. The van der Waals surface area contributed by atoms with Crippen LogP contribution in [-0.4, -0.2) is 38.8 Å². The molecule has 0 aliphatic carbocycles. The maximum Gasteiger partial charge on any atom is 0.220 e. The molecule has 0 bridgehead atoms. The molecule has 142 valence electrons. The summed E-state index contributed by atoms with van der Waals surface area (Å²) in [6, 6.07) is 12.0. The highest BCUT2D eigenvalue weighted by molar-refractivity contribution is 5.76. The molecule has 0 spiro atoms. The number of carbonyl (C=O) groups is 1. The van der Waals surface area contributed by atoms with Crippen LogP contribution < -0.4 is 10.2 Å². The van der Waals surface area contributed by atoms with Gasteiger partial charge in [-0.2, -0.15) is 4.52 Å². The Labute approximate surface area is 159 Å². The Hall–Kier alpha value is -2.96. The molecule has 0 saturated heterocycles. The SMILES string of the molecule is CCN(CC)c1ccc2nnc(CCC(=O)NCc3ccc(C)cc3)n2n1. The Bertz CT molecular complexity index is 898. The molecule has 2 heterocycles. The average molecular weight is 366 g/mol. The molecule has 0 atom stereocenters. The van der Waals surface area contributed by atoms with E-state index in [4.69, 9.17) is 0 Å². The van der Waals surface area contributed by atoms with E-state index in [9.17, 15) is 4.79 Å². The number of carbonyl (C=O) groups excluding carboxylic acids is 1. The van der Waals surface area contributed by atoms with Crippen molar-refractivity contribution in [1.82, 2.24) is 25.1 Å². The van der Waals surface area contributed by atoms with Crippen molar-refractivity contribution in [3.8, 4) is 0 Å². The van der Waals surface area contributed by atoms with Gasteiger partial charge in [0.1, 0.15) is 5.82 Å². The quantitative estimate of drug-likeness (QED) is 0.663. The second kappa shape index (κ2) is 8.62. The van der Waals surface area contributed by atoms with Crippen LogP contribution in [0.25, 0.3) is 5.65 Å². The third kappa shape index (κ3) is 4.61. The molecule has 7 nitrogen and oxygen atoms in total. The van der Waals surface area contributed by atoms with Gasteiger partial charge in [-0.1, -0.05) is 29.8 Å². The predicted molar refractivity (Wildman–Crippen MR) is 106 cm³/mol. The zero-order valence-corrected chi connectivity index (χ0v) is 16.1. The van der Waals surface area contributed by atoms with Gasteiger partial charge >= 0.3 is 0 Å². The highest BCUT2D eigenvalue weighted by atomic mass is 16.1. The maximum absolute atomic E-state index is 12.2. The summed E-state index contributed by atoms with van der Waals surface area (Å²) in [5, 5.41) is 15.9. The van der Waals surface area contributed by atoms with E-state index in [2.05, 4.69) is 39.4 Å². The summed E-state index contributed by atoms with van der Waals surface area (Å²) in [7, 11) is 0. The number of amides is 1. The lowest BCUT2D eigenvalue weighted by atomic mass is 10.1. The van der Waals surface area contributed by atoms with Crippen molar-refractivity contribution in [1.29, 1.82) is 0 Å². The van der Waals surface area contributed by atoms with Gasteiger partial charge in [-0.15, -0.1) is 15.3 Å². The second-order valence-corrected chi connectivity index (χ2v) is 6.51. The zero-order valence-electron chi connectivity index (χ0n) is 16.1. The van der Waals surface area contributed by atoms with Gasteiger partial charge in [0.15, 0.2) is 11.5 Å². The molecule has 2 aromatic heterocycles. The normalized spacial score (nSPS) is 10.9. The van der Waals surface area contributed by atoms with E-state index in [0.29, 0.717) is 30.9 Å². The Morgan fingerprint density at radius 2 is 1.81 bits per heavy atom. The lowest BCUT2D eigenvalue weighted by Gasteiger charge is -2.19. The molecule has 3 aromatic rings. The highest BCUT2D eigenvalue weighted by Gasteiger charge is 2.12. The van der Waals surface area contributed by atoms with Crippen LogP contribution in [0.15, 0.2) is 36.4 Å². The highest BCUT2D eigenvalue weighted by Crippen LogP contribution is 2.12. The van der Waals surface area contributed by atoms with Crippen molar-refractivity contribution in [2.75, 3.05) is 18.0 Å². The van der Waals surface area contributed by atoms with E-state index in [1.807, 2.05) is 43.3 Å². The van der Waals surface area contributed by atoms with E-state index >= 15 is 0 Å². The lowest BCUT2D eigenvalue weighted by molar-refractivity contribution is -0.121. The minimum absolute atomic E-state index is 0.00720. The summed E-state index contributed by atoms with van der Waals surface area (Å²) >= 11 is 0. The third-order valence-electron chi connectivity index (χ3n) is 4.59. The number of hydrogen-bond acceptors (Lipinski definition) is 5. The number of aryl methyl sites for hydroxylation is 2. The first-order valence-corrected chi connectivity index (χ1v) is 9.39. The average Bonchev–Trinajstić information content (AvgIpc) is 3.09. The third-order valence-corrected chi connectivity index (χ3v) is 4.59. The van der Waals surface area contributed by atoms with Crippen molar-refractivity contribution in [3.05, 3.63) is 53.3 Å². The standard InChI is InChI=1S/C20H26N6O/c1-4-25(5-2)19-11-10-17-22-23-18(26(17)24-19)12-13-20(27)21-14-16-8-6-15(3)7-9-16/h6-11H,4-5,12-14H2,1-3H3,(H,21,27). The van der Waals surface area contributed by atoms with Crippen molar-refractivity contribution in [2.24, 2.45) is 0 Å². The van der Waals surface area contributed by atoms with E-state index in [-0.39, 0.29) is 5.91 Å². The molecule has 0 aliphatic heterocycles. The Morgan fingerprint density at radius 1 is 1.07 bits per heavy atom.